The minimum absolute atomic E-state index is 0.00132. The fourth-order valence-electron chi connectivity index (χ4n) is 2.67. The normalized spacial score (nSPS) is 12.0. The zero-order chi connectivity index (χ0) is 20.3. The molecule has 3 rings (SSSR count). The molecule has 0 aliphatic rings. The lowest BCUT2D eigenvalue weighted by atomic mass is 10.2. The zero-order valence-corrected chi connectivity index (χ0v) is 16.7. The summed E-state index contributed by atoms with van der Waals surface area (Å²) in [6.45, 7) is -0.0565. The van der Waals surface area contributed by atoms with Crippen molar-refractivity contribution in [1.29, 1.82) is 0 Å². The molecule has 0 bridgehead atoms. The number of nitrogens with zero attached hydrogens (tertiary/aromatic N) is 2. The number of benzene rings is 2. The molecule has 9 heteroatoms. The number of methoxy groups -OCH3 is 2. The molecule has 1 atom stereocenters. The average molecular weight is 425 g/mol. The van der Waals surface area contributed by atoms with E-state index in [1.165, 1.54) is 25.1 Å². The van der Waals surface area contributed by atoms with Crippen molar-refractivity contribution in [3.63, 3.8) is 0 Å². The van der Waals surface area contributed by atoms with Gasteiger partial charge in [-0.1, -0.05) is 23.2 Å². The first-order valence-electron chi connectivity index (χ1n) is 8.30. The molecule has 0 radical (unpaired) electrons. The summed E-state index contributed by atoms with van der Waals surface area (Å²) in [5.74, 6) is 1.30. The second kappa shape index (κ2) is 8.68. The molecule has 0 aliphatic heterocycles. The summed E-state index contributed by atoms with van der Waals surface area (Å²) in [5.41, 5.74) is 0.159. The van der Waals surface area contributed by atoms with Crippen LogP contribution in [0.25, 0.3) is 10.9 Å². The van der Waals surface area contributed by atoms with E-state index in [0.29, 0.717) is 38.2 Å². The first-order valence-corrected chi connectivity index (χ1v) is 9.05. The van der Waals surface area contributed by atoms with Crippen molar-refractivity contribution in [2.45, 2.75) is 12.6 Å². The van der Waals surface area contributed by atoms with Crippen LogP contribution in [0.1, 0.15) is 0 Å². The van der Waals surface area contributed by atoms with E-state index in [1.807, 2.05) is 0 Å². The molecule has 1 N–H and O–H groups in total. The van der Waals surface area contributed by atoms with Gasteiger partial charge in [-0.05, 0) is 24.3 Å². The molecule has 2 aromatic carbocycles. The van der Waals surface area contributed by atoms with Gasteiger partial charge in [-0.15, -0.1) is 0 Å². The van der Waals surface area contributed by atoms with Crippen LogP contribution in [0.2, 0.25) is 10.0 Å². The second-order valence-electron chi connectivity index (χ2n) is 5.97. The number of ether oxygens (including phenoxy) is 3. The molecule has 7 nitrogen and oxygen atoms in total. The molecule has 3 aromatic rings. The molecular formula is C19H18Cl2N2O5. The van der Waals surface area contributed by atoms with Gasteiger partial charge < -0.3 is 19.3 Å². The maximum Gasteiger partial charge on any atom is 0.261 e. The number of fused-ring (bicyclic) bond motifs is 1. The summed E-state index contributed by atoms with van der Waals surface area (Å²) in [4.78, 5) is 17.0. The highest BCUT2D eigenvalue weighted by molar-refractivity contribution is 6.35. The SMILES string of the molecule is COc1cc2ncn(C[C@@H](O)COc3ccc(Cl)cc3Cl)c(=O)c2cc1OC. The average Bonchev–Trinajstić information content (AvgIpc) is 2.68. The molecule has 0 amide bonds. The van der Waals surface area contributed by atoms with Crippen LogP contribution in [0, 0.1) is 0 Å². The lowest BCUT2D eigenvalue weighted by molar-refractivity contribution is 0.0915. The van der Waals surface area contributed by atoms with Crippen molar-refractivity contribution in [1.82, 2.24) is 9.55 Å². The highest BCUT2D eigenvalue weighted by Crippen LogP contribution is 2.30. The summed E-state index contributed by atoms with van der Waals surface area (Å²) >= 11 is 11.9. The predicted molar refractivity (Wildman–Crippen MR) is 107 cm³/mol. The number of halogens is 2. The third kappa shape index (κ3) is 4.32. The predicted octanol–water partition coefficient (Wildman–Crippen LogP) is 3.16. The van der Waals surface area contributed by atoms with E-state index in [1.54, 1.807) is 30.3 Å². The molecule has 0 unspecified atom stereocenters. The molecule has 28 heavy (non-hydrogen) atoms. The molecule has 0 saturated heterocycles. The summed E-state index contributed by atoms with van der Waals surface area (Å²) in [6.07, 6.45) is 0.415. The Kier molecular flexibility index (Phi) is 6.28. The van der Waals surface area contributed by atoms with Crippen molar-refractivity contribution >= 4 is 34.1 Å². The molecular weight excluding hydrogens is 407 g/mol. The number of aliphatic hydroxyl groups excluding tert-OH is 1. The van der Waals surface area contributed by atoms with Crippen molar-refractivity contribution in [2.75, 3.05) is 20.8 Å². The zero-order valence-electron chi connectivity index (χ0n) is 15.2. The van der Waals surface area contributed by atoms with E-state index in [0.717, 1.165) is 0 Å². The van der Waals surface area contributed by atoms with Crippen LogP contribution < -0.4 is 19.8 Å². The number of hydrogen-bond donors (Lipinski definition) is 1. The fraction of sp³-hybridized carbons (Fsp3) is 0.263. The van der Waals surface area contributed by atoms with Gasteiger partial charge >= 0.3 is 0 Å². The van der Waals surface area contributed by atoms with Crippen molar-refractivity contribution in [3.8, 4) is 17.2 Å². The van der Waals surface area contributed by atoms with Gasteiger partial charge in [0.25, 0.3) is 5.56 Å². The Morgan fingerprint density at radius 2 is 1.82 bits per heavy atom. The largest absolute Gasteiger partial charge is 0.493 e. The molecule has 1 heterocycles. The summed E-state index contributed by atoms with van der Waals surface area (Å²) in [5, 5.41) is 11.4. The van der Waals surface area contributed by atoms with E-state index in [-0.39, 0.29) is 18.7 Å². The Morgan fingerprint density at radius 1 is 1.11 bits per heavy atom. The van der Waals surface area contributed by atoms with Gasteiger partial charge in [0.05, 0.1) is 43.0 Å². The van der Waals surface area contributed by atoms with E-state index in [4.69, 9.17) is 37.4 Å². The van der Waals surface area contributed by atoms with E-state index in [9.17, 15) is 9.90 Å². The van der Waals surface area contributed by atoms with Crippen LogP contribution in [0.3, 0.4) is 0 Å². The van der Waals surface area contributed by atoms with Crippen LogP contribution in [0.4, 0.5) is 0 Å². The van der Waals surface area contributed by atoms with Gasteiger partial charge in [0.2, 0.25) is 0 Å². The Labute approximate surface area is 171 Å². The quantitative estimate of drug-likeness (QED) is 0.626. The van der Waals surface area contributed by atoms with Crippen LogP contribution in [0.15, 0.2) is 41.5 Å². The monoisotopic (exact) mass is 424 g/mol. The minimum Gasteiger partial charge on any atom is -0.493 e. The number of rotatable bonds is 7. The van der Waals surface area contributed by atoms with Crippen LogP contribution in [-0.2, 0) is 6.54 Å². The van der Waals surface area contributed by atoms with Gasteiger partial charge in [-0.2, -0.15) is 0 Å². The molecule has 0 fully saturated rings. The van der Waals surface area contributed by atoms with Crippen LogP contribution in [-0.4, -0.2) is 41.6 Å². The lowest BCUT2D eigenvalue weighted by Gasteiger charge is -2.15. The summed E-state index contributed by atoms with van der Waals surface area (Å²) in [7, 11) is 3.00. The maximum absolute atomic E-state index is 12.7. The Balaban J connectivity index is 1.77. The highest BCUT2D eigenvalue weighted by atomic mass is 35.5. The van der Waals surface area contributed by atoms with Gasteiger partial charge in [0, 0.05) is 11.1 Å². The summed E-state index contributed by atoms with van der Waals surface area (Å²) in [6, 6.07) is 7.98. The van der Waals surface area contributed by atoms with Gasteiger partial charge in [0.15, 0.2) is 11.5 Å². The van der Waals surface area contributed by atoms with Crippen molar-refractivity contribution in [2.24, 2.45) is 0 Å². The Bertz CT molecular complexity index is 1050. The van der Waals surface area contributed by atoms with E-state index in [2.05, 4.69) is 4.98 Å². The second-order valence-corrected chi connectivity index (χ2v) is 6.81. The first kappa shape index (κ1) is 20.3. The van der Waals surface area contributed by atoms with Crippen LogP contribution in [0.5, 0.6) is 17.2 Å². The number of aromatic nitrogens is 2. The fourth-order valence-corrected chi connectivity index (χ4v) is 3.14. The van der Waals surface area contributed by atoms with Gasteiger partial charge in [-0.25, -0.2) is 4.98 Å². The standard InChI is InChI=1S/C19H18Cl2N2O5/c1-26-17-6-13-15(7-18(17)27-2)22-10-23(19(13)25)8-12(24)9-28-16-4-3-11(20)5-14(16)21/h3-7,10,12,24H,8-9H2,1-2H3/t12-/m1/s1. The third-order valence-electron chi connectivity index (χ3n) is 4.06. The van der Waals surface area contributed by atoms with Crippen LogP contribution >= 0.6 is 23.2 Å². The molecule has 0 saturated carbocycles. The first-order chi connectivity index (χ1) is 13.4. The topological polar surface area (TPSA) is 82.8 Å². The third-order valence-corrected chi connectivity index (χ3v) is 4.59. The minimum atomic E-state index is -0.955. The molecule has 148 valence electrons. The molecule has 0 spiro atoms. The smallest absolute Gasteiger partial charge is 0.261 e. The Hall–Kier alpha value is -2.48. The number of hydrogen-bond acceptors (Lipinski definition) is 6. The molecule has 0 aliphatic carbocycles. The highest BCUT2D eigenvalue weighted by Gasteiger charge is 2.14. The van der Waals surface area contributed by atoms with Gasteiger partial charge in [-0.3, -0.25) is 9.36 Å². The van der Waals surface area contributed by atoms with E-state index < -0.39 is 6.10 Å². The summed E-state index contributed by atoms with van der Waals surface area (Å²) < 4.78 is 17.3. The van der Waals surface area contributed by atoms with Gasteiger partial charge in [0.1, 0.15) is 18.5 Å². The van der Waals surface area contributed by atoms with E-state index >= 15 is 0 Å². The molecule has 1 aromatic heterocycles. The maximum atomic E-state index is 12.7. The number of aliphatic hydroxyl groups is 1. The van der Waals surface area contributed by atoms with Crippen molar-refractivity contribution in [3.05, 3.63) is 57.1 Å². The lowest BCUT2D eigenvalue weighted by Crippen LogP contribution is -2.30. The van der Waals surface area contributed by atoms with Crippen molar-refractivity contribution < 1.29 is 19.3 Å². The Morgan fingerprint density at radius 3 is 2.50 bits per heavy atom.